The Morgan fingerprint density at radius 3 is 2.74 bits per heavy atom. The molecule has 19 heavy (non-hydrogen) atoms. The summed E-state index contributed by atoms with van der Waals surface area (Å²) in [5.74, 6) is -0.466. The van der Waals surface area contributed by atoms with Crippen molar-refractivity contribution in [3.63, 3.8) is 0 Å². The van der Waals surface area contributed by atoms with Crippen molar-refractivity contribution in [2.45, 2.75) is 52.0 Å². The van der Waals surface area contributed by atoms with Crippen LogP contribution in [0, 0.1) is 15.9 Å². The summed E-state index contributed by atoms with van der Waals surface area (Å²) in [5, 5.41) is 13.9. The first-order valence-corrected chi connectivity index (χ1v) is 6.75. The van der Waals surface area contributed by atoms with E-state index in [1.807, 2.05) is 6.92 Å². The van der Waals surface area contributed by atoms with Gasteiger partial charge in [-0.2, -0.15) is 0 Å². The number of hydrogen-bond acceptors (Lipinski definition) is 3. The smallest absolute Gasteiger partial charge is 0.292 e. The molecule has 0 aliphatic heterocycles. The third-order valence-corrected chi connectivity index (χ3v) is 3.05. The first kappa shape index (κ1) is 15.4. The van der Waals surface area contributed by atoms with Gasteiger partial charge in [0.15, 0.2) is 0 Å². The van der Waals surface area contributed by atoms with Gasteiger partial charge in [-0.15, -0.1) is 0 Å². The Labute approximate surface area is 113 Å². The van der Waals surface area contributed by atoms with Crippen LogP contribution in [0.25, 0.3) is 0 Å². The van der Waals surface area contributed by atoms with Crippen molar-refractivity contribution < 1.29 is 9.31 Å². The maximum atomic E-state index is 13.2. The number of anilines is 1. The van der Waals surface area contributed by atoms with Crippen LogP contribution in [0.5, 0.6) is 0 Å². The van der Waals surface area contributed by atoms with Gasteiger partial charge >= 0.3 is 0 Å². The van der Waals surface area contributed by atoms with E-state index < -0.39 is 10.7 Å². The fraction of sp³-hybridized carbons (Fsp3) is 0.571. The Hall–Kier alpha value is -1.65. The van der Waals surface area contributed by atoms with Crippen LogP contribution < -0.4 is 5.32 Å². The van der Waals surface area contributed by atoms with Gasteiger partial charge in [-0.25, -0.2) is 4.39 Å². The zero-order chi connectivity index (χ0) is 14.3. The normalized spacial score (nSPS) is 12.2. The molecule has 106 valence electrons. The van der Waals surface area contributed by atoms with E-state index in [1.165, 1.54) is 25.0 Å². The predicted octanol–water partition coefficient (Wildman–Crippen LogP) is 4.50. The van der Waals surface area contributed by atoms with E-state index in [9.17, 15) is 14.5 Å². The number of benzene rings is 1. The van der Waals surface area contributed by atoms with Crippen LogP contribution in [0.4, 0.5) is 15.8 Å². The molecule has 0 bridgehead atoms. The van der Waals surface area contributed by atoms with Gasteiger partial charge in [-0.3, -0.25) is 10.1 Å². The lowest BCUT2D eigenvalue weighted by atomic mass is 10.1. The highest BCUT2D eigenvalue weighted by atomic mass is 19.1. The third-order valence-electron chi connectivity index (χ3n) is 3.05. The molecule has 0 fully saturated rings. The largest absolute Gasteiger partial charge is 0.377 e. The molecule has 0 radical (unpaired) electrons. The molecule has 4 nitrogen and oxygen atoms in total. The van der Waals surface area contributed by atoms with Gasteiger partial charge in [0.25, 0.3) is 5.69 Å². The van der Waals surface area contributed by atoms with Gasteiger partial charge in [0.05, 0.1) is 4.92 Å². The topological polar surface area (TPSA) is 55.2 Å². The van der Waals surface area contributed by atoms with Crippen LogP contribution in [0.3, 0.4) is 0 Å². The van der Waals surface area contributed by atoms with E-state index in [-0.39, 0.29) is 17.4 Å². The molecular formula is C14H21FN2O2. The number of halogens is 1. The maximum absolute atomic E-state index is 13.2. The summed E-state index contributed by atoms with van der Waals surface area (Å²) in [6.07, 6.45) is 5.54. The first-order valence-electron chi connectivity index (χ1n) is 6.75. The van der Waals surface area contributed by atoms with Gasteiger partial charge in [0, 0.05) is 18.2 Å². The van der Waals surface area contributed by atoms with Gasteiger partial charge in [0.1, 0.15) is 11.5 Å². The molecule has 0 saturated carbocycles. The number of hydrogen-bond donors (Lipinski definition) is 1. The van der Waals surface area contributed by atoms with E-state index in [2.05, 4.69) is 12.2 Å². The summed E-state index contributed by atoms with van der Waals surface area (Å²) in [6, 6.07) is 3.58. The zero-order valence-corrected chi connectivity index (χ0v) is 11.5. The third kappa shape index (κ3) is 5.24. The molecule has 0 heterocycles. The standard InChI is InChI=1S/C14H21FN2O2/c1-3-4-5-6-7-11(2)16-13-10-12(15)8-9-14(13)17(18)19/h8-11,16H,3-7H2,1-2H3. The molecule has 0 aliphatic rings. The van der Waals surface area contributed by atoms with Gasteiger partial charge < -0.3 is 5.32 Å². The molecule has 1 N–H and O–H groups in total. The molecule has 1 atom stereocenters. The average Bonchev–Trinajstić information content (AvgIpc) is 2.34. The minimum atomic E-state index is -0.494. The van der Waals surface area contributed by atoms with Crippen molar-refractivity contribution in [2.75, 3.05) is 5.32 Å². The summed E-state index contributed by atoms with van der Waals surface area (Å²) < 4.78 is 13.2. The lowest BCUT2D eigenvalue weighted by Crippen LogP contribution is -2.16. The van der Waals surface area contributed by atoms with Crippen LogP contribution in [0.1, 0.15) is 46.0 Å². The Bertz CT molecular complexity index is 424. The molecular weight excluding hydrogens is 247 g/mol. The maximum Gasteiger partial charge on any atom is 0.292 e. The molecule has 5 heteroatoms. The van der Waals surface area contributed by atoms with Crippen molar-refractivity contribution in [2.24, 2.45) is 0 Å². The highest BCUT2D eigenvalue weighted by Crippen LogP contribution is 2.26. The van der Waals surface area contributed by atoms with Crippen LogP contribution in [0.15, 0.2) is 18.2 Å². The number of nitrogens with zero attached hydrogens (tertiary/aromatic N) is 1. The number of rotatable bonds is 8. The lowest BCUT2D eigenvalue weighted by molar-refractivity contribution is -0.384. The van der Waals surface area contributed by atoms with Crippen LogP contribution in [0.2, 0.25) is 0 Å². The van der Waals surface area contributed by atoms with E-state index in [4.69, 9.17) is 0 Å². The molecule has 1 aromatic rings. The van der Waals surface area contributed by atoms with E-state index in [0.717, 1.165) is 25.3 Å². The monoisotopic (exact) mass is 268 g/mol. The highest BCUT2D eigenvalue weighted by Gasteiger charge is 2.15. The van der Waals surface area contributed by atoms with Crippen molar-refractivity contribution in [3.8, 4) is 0 Å². The molecule has 0 amide bonds. The molecule has 1 unspecified atom stereocenters. The summed E-state index contributed by atoms with van der Waals surface area (Å²) in [4.78, 5) is 10.4. The van der Waals surface area contributed by atoms with Crippen molar-refractivity contribution >= 4 is 11.4 Å². The molecule has 0 spiro atoms. The SMILES string of the molecule is CCCCCCC(C)Nc1cc(F)ccc1[N+](=O)[O-]. The average molecular weight is 268 g/mol. The van der Waals surface area contributed by atoms with Crippen LogP contribution >= 0.6 is 0 Å². The summed E-state index contributed by atoms with van der Waals surface area (Å²) >= 11 is 0. The van der Waals surface area contributed by atoms with Crippen LogP contribution in [-0.4, -0.2) is 11.0 Å². The predicted molar refractivity (Wildman–Crippen MR) is 74.9 cm³/mol. The number of nitro benzene ring substituents is 1. The van der Waals surface area contributed by atoms with Gasteiger partial charge in [0.2, 0.25) is 0 Å². The first-order chi connectivity index (χ1) is 9.04. The minimum absolute atomic E-state index is 0.0817. The molecule has 0 aliphatic carbocycles. The second kappa shape index (κ2) is 7.71. The van der Waals surface area contributed by atoms with Crippen molar-refractivity contribution in [1.29, 1.82) is 0 Å². The Balaban J connectivity index is 2.60. The summed E-state index contributed by atoms with van der Waals surface area (Å²) in [5.41, 5.74) is 0.176. The minimum Gasteiger partial charge on any atom is -0.377 e. The molecule has 0 saturated heterocycles. The molecule has 1 rings (SSSR count). The fourth-order valence-electron chi connectivity index (χ4n) is 2.00. The van der Waals surface area contributed by atoms with Gasteiger partial charge in [-0.1, -0.05) is 32.6 Å². The quantitative estimate of drug-likeness (QED) is 0.429. The number of nitrogens with one attached hydrogen (secondary N) is 1. The molecule has 0 aromatic heterocycles. The van der Waals surface area contributed by atoms with E-state index in [0.29, 0.717) is 0 Å². The summed E-state index contributed by atoms with van der Waals surface area (Å²) in [7, 11) is 0. The zero-order valence-electron chi connectivity index (χ0n) is 11.5. The molecule has 1 aromatic carbocycles. The highest BCUT2D eigenvalue weighted by molar-refractivity contribution is 5.61. The Morgan fingerprint density at radius 2 is 2.11 bits per heavy atom. The second-order valence-electron chi connectivity index (χ2n) is 4.81. The van der Waals surface area contributed by atoms with Crippen LogP contribution in [-0.2, 0) is 0 Å². The lowest BCUT2D eigenvalue weighted by Gasteiger charge is -2.15. The fourth-order valence-corrected chi connectivity index (χ4v) is 2.00. The van der Waals surface area contributed by atoms with Gasteiger partial charge in [-0.05, 0) is 19.4 Å². The van der Waals surface area contributed by atoms with E-state index >= 15 is 0 Å². The number of unbranched alkanes of at least 4 members (excludes halogenated alkanes) is 3. The Kier molecular flexibility index (Phi) is 6.25. The number of nitro groups is 1. The van der Waals surface area contributed by atoms with E-state index in [1.54, 1.807) is 0 Å². The Morgan fingerprint density at radius 1 is 1.37 bits per heavy atom. The second-order valence-corrected chi connectivity index (χ2v) is 4.81. The summed E-state index contributed by atoms with van der Waals surface area (Å²) in [6.45, 7) is 4.11. The van der Waals surface area contributed by atoms with Crippen molar-refractivity contribution in [1.82, 2.24) is 0 Å². The van der Waals surface area contributed by atoms with Crippen molar-refractivity contribution in [3.05, 3.63) is 34.1 Å².